The highest BCUT2D eigenvalue weighted by Gasteiger charge is 2.38. The van der Waals surface area contributed by atoms with Gasteiger partial charge in [-0.3, -0.25) is 4.90 Å². The molecule has 0 aliphatic carbocycles. The molecule has 17 heavy (non-hydrogen) atoms. The van der Waals surface area contributed by atoms with Gasteiger partial charge in [-0.2, -0.15) is 0 Å². The van der Waals surface area contributed by atoms with Crippen molar-refractivity contribution in [3.8, 4) is 0 Å². The quantitative estimate of drug-likeness (QED) is 0.776. The summed E-state index contributed by atoms with van der Waals surface area (Å²) in [4.78, 5) is 2.61. The molecule has 1 spiro atoms. The summed E-state index contributed by atoms with van der Waals surface area (Å²) in [5, 5.41) is 0. The molecule has 0 atom stereocenters. The molecular formula is C15H21NO. The molecule has 2 aliphatic heterocycles. The van der Waals surface area contributed by atoms with Gasteiger partial charge in [0.2, 0.25) is 0 Å². The molecule has 0 saturated carbocycles. The zero-order valence-corrected chi connectivity index (χ0v) is 10.4. The molecule has 2 fully saturated rings. The number of hydrogen-bond acceptors (Lipinski definition) is 2. The Hall–Kier alpha value is -0.860. The Bertz CT molecular complexity index is 356. The molecule has 92 valence electrons. The van der Waals surface area contributed by atoms with Crippen LogP contribution in [-0.2, 0) is 11.3 Å². The number of benzene rings is 1. The van der Waals surface area contributed by atoms with Gasteiger partial charge in [0.25, 0.3) is 0 Å². The number of hydrogen-bond donors (Lipinski definition) is 0. The van der Waals surface area contributed by atoms with Crippen molar-refractivity contribution in [2.75, 3.05) is 26.3 Å². The minimum absolute atomic E-state index is 0.576. The summed E-state index contributed by atoms with van der Waals surface area (Å²) in [6.07, 6.45) is 3.89. The third kappa shape index (κ3) is 2.53. The second-order valence-electron chi connectivity index (χ2n) is 5.56. The fourth-order valence-corrected chi connectivity index (χ4v) is 3.22. The van der Waals surface area contributed by atoms with E-state index in [0.717, 1.165) is 19.8 Å². The Morgan fingerprint density at radius 3 is 2.59 bits per heavy atom. The molecule has 0 bridgehead atoms. The van der Waals surface area contributed by atoms with Gasteiger partial charge in [-0.1, -0.05) is 30.3 Å². The van der Waals surface area contributed by atoms with E-state index in [2.05, 4.69) is 35.2 Å². The molecule has 2 heterocycles. The first-order chi connectivity index (χ1) is 8.36. The lowest BCUT2D eigenvalue weighted by molar-refractivity contribution is 0.0190. The number of ether oxygens (including phenoxy) is 1. The van der Waals surface area contributed by atoms with Crippen LogP contribution in [0.5, 0.6) is 0 Å². The van der Waals surface area contributed by atoms with Gasteiger partial charge in [0, 0.05) is 26.3 Å². The van der Waals surface area contributed by atoms with Crippen molar-refractivity contribution in [3.63, 3.8) is 0 Å². The highest BCUT2D eigenvalue weighted by molar-refractivity contribution is 5.14. The van der Waals surface area contributed by atoms with E-state index < -0.39 is 0 Å². The molecule has 2 aliphatic rings. The van der Waals surface area contributed by atoms with Crippen LogP contribution < -0.4 is 0 Å². The van der Waals surface area contributed by atoms with E-state index in [-0.39, 0.29) is 0 Å². The third-order valence-electron chi connectivity index (χ3n) is 4.32. The maximum atomic E-state index is 5.49. The fourth-order valence-electron chi connectivity index (χ4n) is 3.22. The van der Waals surface area contributed by atoms with Crippen molar-refractivity contribution in [3.05, 3.63) is 35.9 Å². The molecule has 0 amide bonds. The van der Waals surface area contributed by atoms with Crippen LogP contribution in [0.25, 0.3) is 0 Å². The van der Waals surface area contributed by atoms with Crippen molar-refractivity contribution in [2.24, 2.45) is 5.41 Å². The summed E-state index contributed by atoms with van der Waals surface area (Å²) in [6.45, 7) is 5.59. The molecule has 1 aromatic rings. The number of likely N-dealkylation sites (tertiary alicyclic amines) is 1. The van der Waals surface area contributed by atoms with E-state index in [1.807, 2.05) is 0 Å². The minimum atomic E-state index is 0.576. The van der Waals surface area contributed by atoms with Crippen molar-refractivity contribution in [1.82, 2.24) is 4.90 Å². The molecular weight excluding hydrogens is 210 g/mol. The topological polar surface area (TPSA) is 12.5 Å². The fraction of sp³-hybridized carbons (Fsp3) is 0.600. The molecule has 0 radical (unpaired) electrons. The average molecular weight is 231 g/mol. The van der Waals surface area contributed by atoms with Crippen LogP contribution in [0.4, 0.5) is 0 Å². The van der Waals surface area contributed by atoms with Crippen LogP contribution in [0, 0.1) is 5.41 Å². The molecule has 1 aromatic carbocycles. The van der Waals surface area contributed by atoms with Crippen molar-refractivity contribution < 1.29 is 4.74 Å². The van der Waals surface area contributed by atoms with Gasteiger partial charge in [0.05, 0.1) is 0 Å². The van der Waals surface area contributed by atoms with Crippen LogP contribution in [0.2, 0.25) is 0 Å². The van der Waals surface area contributed by atoms with Crippen molar-refractivity contribution >= 4 is 0 Å². The standard InChI is InChI=1S/C15H21NO/c1-2-4-14(5-3-1)12-16-9-6-15(13-16)7-10-17-11-8-15/h1-5H,6-13H2. The molecule has 2 nitrogen and oxygen atoms in total. The summed E-state index contributed by atoms with van der Waals surface area (Å²) in [7, 11) is 0. The van der Waals surface area contributed by atoms with Crippen molar-refractivity contribution in [1.29, 1.82) is 0 Å². The average Bonchev–Trinajstić information content (AvgIpc) is 2.74. The van der Waals surface area contributed by atoms with Gasteiger partial charge in [-0.15, -0.1) is 0 Å². The maximum absolute atomic E-state index is 5.49. The minimum Gasteiger partial charge on any atom is -0.381 e. The largest absolute Gasteiger partial charge is 0.381 e. The van der Waals surface area contributed by atoms with Crippen LogP contribution in [0.3, 0.4) is 0 Å². The Balaban J connectivity index is 1.60. The van der Waals surface area contributed by atoms with E-state index in [1.165, 1.54) is 37.9 Å². The van der Waals surface area contributed by atoms with E-state index in [4.69, 9.17) is 4.74 Å². The van der Waals surface area contributed by atoms with E-state index in [9.17, 15) is 0 Å². The second kappa shape index (κ2) is 4.79. The Morgan fingerprint density at radius 2 is 1.82 bits per heavy atom. The predicted octanol–water partition coefficient (Wildman–Crippen LogP) is 2.69. The van der Waals surface area contributed by atoms with Crippen LogP contribution in [-0.4, -0.2) is 31.2 Å². The summed E-state index contributed by atoms with van der Waals surface area (Å²) in [5.74, 6) is 0. The Kier molecular flexibility index (Phi) is 3.17. The highest BCUT2D eigenvalue weighted by atomic mass is 16.5. The summed E-state index contributed by atoms with van der Waals surface area (Å²) in [6, 6.07) is 10.8. The Labute approximate surface area is 104 Å². The van der Waals surface area contributed by atoms with Crippen LogP contribution in [0.1, 0.15) is 24.8 Å². The first-order valence-corrected chi connectivity index (χ1v) is 6.70. The first-order valence-electron chi connectivity index (χ1n) is 6.70. The maximum Gasteiger partial charge on any atom is 0.0471 e. The number of nitrogens with zero attached hydrogens (tertiary/aromatic N) is 1. The zero-order valence-electron chi connectivity index (χ0n) is 10.4. The third-order valence-corrected chi connectivity index (χ3v) is 4.32. The SMILES string of the molecule is c1ccc(CN2CCC3(CCOCC3)C2)cc1. The van der Waals surface area contributed by atoms with Crippen LogP contribution >= 0.6 is 0 Å². The molecule has 3 rings (SSSR count). The van der Waals surface area contributed by atoms with Gasteiger partial charge in [-0.25, -0.2) is 0 Å². The van der Waals surface area contributed by atoms with Gasteiger partial charge < -0.3 is 4.74 Å². The monoisotopic (exact) mass is 231 g/mol. The van der Waals surface area contributed by atoms with E-state index >= 15 is 0 Å². The summed E-state index contributed by atoms with van der Waals surface area (Å²) < 4.78 is 5.49. The Morgan fingerprint density at radius 1 is 1.06 bits per heavy atom. The molecule has 0 N–H and O–H groups in total. The molecule has 2 heteroatoms. The molecule has 2 saturated heterocycles. The normalized spacial score (nSPS) is 24.2. The summed E-state index contributed by atoms with van der Waals surface area (Å²) in [5.41, 5.74) is 2.02. The lowest BCUT2D eigenvalue weighted by atomic mass is 9.80. The lowest BCUT2D eigenvalue weighted by Gasteiger charge is -2.33. The van der Waals surface area contributed by atoms with E-state index in [0.29, 0.717) is 5.41 Å². The zero-order chi connectivity index (χ0) is 11.6. The smallest absolute Gasteiger partial charge is 0.0471 e. The van der Waals surface area contributed by atoms with Crippen molar-refractivity contribution in [2.45, 2.75) is 25.8 Å². The predicted molar refractivity (Wildman–Crippen MR) is 68.8 cm³/mol. The highest BCUT2D eigenvalue weighted by Crippen LogP contribution is 2.39. The number of rotatable bonds is 2. The van der Waals surface area contributed by atoms with E-state index in [1.54, 1.807) is 0 Å². The first kappa shape index (κ1) is 11.2. The van der Waals surface area contributed by atoms with Crippen LogP contribution in [0.15, 0.2) is 30.3 Å². The second-order valence-corrected chi connectivity index (χ2v) is 5.56. The van der Waals surface area contributed by atoms with Gasteiger partial charge in [0.15, 0.2) is 0 Å². The van der Waals surface area contributed by atoms with Gasteiger partial charge in [0.1, 0.15) is 0 Å². The van der Waals surface area contributed by atoms with Gasteiger partial charge in [-0.05, 0) is 36.8 Å². The molecule has 0 unspecified atom stereocenters. The lowest BCUT2D eigenvalue weighted by Crippen LogP contribution is -2.32. The molecule has 0 aromatic heterocycles. The summed E-state index contributed by atoms with van der Waals surface area (Å²) >= 11 is 0. The van der Waals surface area contributed by atoms with Gasteiger partial charge >= 0.3 is 0 Å².